The van der Waals surface area contributed by atoms with Crippen LogP contribution in [0.2, 0.25) is 0 Å². The molecule has 0 aliphatic carbocycles. The van der Waals surface area contributed by atoms with Gasteiger partial charge < -0.3 is 0 Å². The predicted octanol–water partition coefficient (Wildman–Crippen LogP) is 18.2. The number of rotatable bonds is 30. The zero-order valence-corrected chi connectivity index (χ0v) is 74.4. The van der Waals surface area contributed by atoms with Crippen LogP contribution in [0.1, 0.15) is 108 Å². The van der Waals surface area contributed by atoms with Crippen molar-refractivity contribution in [2.45, 2.75) is 80.8 Å². The number of nitrogens with zero attached hydrogens (tertiary/aromatic N) is 18. The maximum absolute atomic E-state index is 4.77. The van der Waals surface area contributed by atoms with Crippen LogP contribution >= 0.6 is 0 Å². The third-order valence-corrected chi connectivity index (χ3v) is 21.7. The first-order valence-corrected chi connectivity index (χ1v) is 42.6. The fourth-order valence-electron chi connectivity index (χ4n) is 14.4. The number of pyridine rings is 6. The Morgan fingerprint density at radius 1 is 0.183 bits per heavy atom. The first-order chi connectivity index (χ1) is 61.3. The lowest BCUT2D eigenvalue weighted by atomic mass is 10.1. The Balaban J connectivity index is 0.000000162. The molecule has 9 aromatic carbocycles. The largest absolute Gasteiger partial charge is 0.268 e. The molecular weight excluding hydrogens is 1550 g/mol. The Bertz CT molecular complexity index is 5740. The fraction of sp³-hybridized carbons (Fsp3) is 0.167. The molecule has 15 aromatic rings. The molecule has 630 valence electrons. The van der Waals surface area contributed by atoms with Gasteiger partial charge in [-0.15, -0.1) is 0 Å². The Morgan fingerprint density at radius 3 is 0.540 bits per heavy atom. The third-order valence-electron chi connectivity index (χ3n) is 21.7. The minimum atomic E-state index is 0.798. The highest BCUT2D eigenvalue weighted by Crippen LogP contribution is 2.21. The Labute approximate surface area is 743 Å². The number of hydrogen-bond acceptors (Lipinski definition) is 12. The molecular formula is C108H114N18+6. The van der Waals surface area contributed by atoms with E-state index in [0.29, 0.717) is 0 Å². The van der Waals surface area contributed by atoms with E-state index < -0.39 is 0 Å². The van der Waals surface area contributed by atoms with E-state index in [-0.39, 0.29) is 0 Å². The number of hydrazone groups is 6. The predicted molar refractivity (Wildman–Crippen MR) is 516 cm³/mol. The van der Waals surface area contributed by atoms with E-state index in [9.17, 15) is 0 Å². The van der Waals surface area contributed by atoms with Gasteiger partial charge in [-0.2, -0.15) is 30.6 Å². The summed E-state index contributed by atoms with van der Waals surface area (Å²) in [5.74, 6) is 0. The quantitative estimate of drug-likeness (QED) is 0.0251. The number of hydrogen-bond donors (Lipinski definition) is 0. The molecule has 0 saturated carbocycles. The fourth-order valence-corrected chi connectivity index (χ4v) is 14.4. The standard InChI is InChI=1S/3C36H38N6/c1-29(37-39(3)35-15-7-5-8-16-35)31-19-23-41(24-20-31)27-33-13-11-12-14-34(33)28-42-25-21-32(22-26-42)30(2)38-40(4)36-17-9-6-10-18-36;1-29(37-39(3)35-14-7-5-8-15-35)33-18-22-41(23-19-33)27-31-12-11-13-32(26-31)28-42-24-20-34(21-25-42)30(2)38-40(4)36-16-9-6-10-17-36;1-29(37-39(3)35-11-7-5-8-12-35)33-19-23-41(24-20-33)27-31-15-17-32(18-16-31)28-42-25-21-34(22-26-42)30(2)38-40(4)36-13-9-6-10-14-36/h3*5-26H,27-28H2,1-4H3/q3*+2. The molecule has 0 atom stereocenters. The smallest absolute Gasteiger partial charge is 0.174 e. The Hall–Kier alpha value is -15.3. The molecule has 0 amide bonds. The molecule has 0 spiro atoms. The van der Waals surface area contributed by atoms with E-state index in [1.807, 2.05) is 223 Å². The number of aromatic nitrogens is 6. The van der Waals surface area contributed by atoms with Gasteiger partial charge in [0.15, 0.2) is 114 Å². The highest BCUT2D eigenvalue weighted by Gasteiger charge is 2.18. The zero-order chi connectivity index (χ0) is 87.9. The summed E-state index contributed by atoms with van der Waals surface area (Å²) in [4.78, 5) is 0. The van der Waals surface area contributed by atoms with Gasteiger partial charge in [0, 0.05) is 182 Å². The summed E-state index contributed by atoms with van der Waals surface area (Å²) < 4.78 is 13.2. The second-order valence-electron chi connectivity index (χ2n) is 31.2. The first-order valence-electron chi connectivity index (χ1n) is 42.6. The van der Waals surface area contributed by atoms with Crippen molar-refractivity contribution < 1.29 is 27.4 Å². The summed E-state index contributed by atoms with van der Waals surface area (Å²) in [6, 6.07) is 113. The molecule has 0 unspecified atom stereocenters. The lowest BCUT2D eigenvalue weighted by molar-refractivity contribution is -0.693. The topological polar surface area (TPSA) is 117 Å². The van der Waals surface area contributed by atoms with Crippen LogP contribution < -0.4 is 57.5 Å². The van der Waals surface area contributed by atoms with Crippen LogP contribution in [0, 0.1) is 0 Å². The highest BCUT2D eigenvalue weighted by atomic mass is 15.5. The van der Waals surface area contributed by atoms with Crippen molar-refractivity contribution in [3.63, 3.8) is 0 Å². The van der Waals surface area contributed by atoms with Crippen LogP contribution in [-0.4, -0.2) is 76.6 Å². The lowest BCUT2D eigenvalue weighted by Crippen LogP contribution is -2.37. The summed E-state index contributed by atoms with van der Waals surface area (Å²) in [6.07, 6.45) is 25.5. The van der Waals surface area contributed by atoms with Crippen molar-refractivity contribution in [2.75, 3.05) is 72.3 Å². The number of anilines is 6. The van der Waals surface area contributed by atoms with Crippen LogP contribution in [0.4, 0.5) is 34.1 Å². The average molecular weight is 1660 g/mol. The number of para-hydroxylation sites is 6. The van der Waals surface area contributed by atoms with Gasteiger partial charge in [0.2, 0.25) is 0 Å². The summed E-state index contributed by atoms with van der Waals surface area (Å²) in [5.41, 5.74) is 26.5. The van der Waals surface area contributed by atoms with E-state index in [4.69, 9.17) is 30.6 Å². The van der Waals surface area contributed by atoms with E-state index in [0.717, 1.165) is 141 Å². The van der Waals surface area contributed by atoms with Gasteiger partial charge in [-0.1, -0.05) is 176 Å². The van der Waals surface area contributed by atoms with Crippen molar-refractivity contribution in [2.24, 2.45) is 30.6 Å². The van der Waals surface area contributed by atoms with Gasteiger partial charge in [0.05, 0.1) is 68.4 Å². The summed E-state index contributed by atoms with van der Waals surface area (Å²) in [7, 11) is 11.9. The van der Waals surface area contributed by atoms with E-state index in [1.54, 1.807) is 0 Å². The van der Waals surface area contributed by atoms with Gasteiger partial charge >= 0.3 is 0 Å². The minimum absolute atomic E-state index is 0.798. The van der Waals surface area contributed by atoms with Crippen LogP contribution in [0.3, 0.4) is 0 Å². The molecule has 6 aromatic heterocycles. The van der Waals surface area contributed by atoms with Gasteiger partial charge in [-0.25, -0.2) is 27.4 Å². The molecule has 0 saturated heterocycles. The SMILES string of the molecule is C/C(=N\N(C)c1ccccc1)c1cc[n+](Cc2ccc(C[n+]3ccc(/C(C)=N/N(C)c4ccccc4)cc3)cc2)cc1.C/C(=N\N(C)c1ccccc1)c1cc[n+](Cc2cccc(C[n+]3ccc(/C(C)=N/N(C)c4ccccc4)cc3)c2)cc1.C/C(=N\N(C)c1ccccc1)c1cc[n+](Cc2ccccc2C[n+]2ccc(/C(C)=N/N(C)c3ccccc3)cc2)cc1. The van der Waals surface area contributed by atoms with Crippen LogP contribution in [0.25, 0.3) is 0 Å². The molecule has 0 N–H and O–H groups in total. The van der Waals surface area contributed by atoms with Crippen molar-refractivity contribution >= 4 is 68.4 Å². The monoisotopic (exact) mass is 1660 g/mol. The number of benzene rings is 9. The molecule has 0 fully saturated rings. The second kappa shape index (κ2) is 44.5. The van der Waals surface area contributed by atoms with Crippen LogP contribution in [-0.2, 0) is 39.3 Å². The van der Waals surface area contributed by atoms with Gasteiger partial charge in [0.25, 0.3) is 0 Å². The lowest BCUT2D eigenvalue weighted by Gasteiger charge is -2.14. The molecule has 0 aliphatic rings. The molecule has 0 radical (unpaired) electrons. The second-order valence-corrected chi connectivity index (χ2v) is 31.2. The molecule has 126 heavy (non-hydrogen) atoms. The Morgan fingerprint density at radius 2 is 0.349 bits per heavy atom. The maximum atomic E-state index is 4.77. The van der Waals surface area contributed by atoms with Gasteiger partial charge in [0.1, 0.15) is 0 Å². The van der Waals surface area contributed by atoms with E-state index in [1.165, 1.54) is 33.4 Å². The summed E-state index contributed by atoms with van der Waals surface area (Å²) in [6.45, 7) is 17.1. The van der Waals surface area contributed by atoms with Crippen molar-refractivity contribution in [1.29, 1.82) is 0 Å². The Kier molecular flexibility index (Phi) is 31.2. The van der Waals surface area contributed by atoms with Crippen molar-refractivity contribution in [1.82, 2.24) is 0 Å². The average Bonchev–Trinajstić information content (AvgIpc) is 0.835. The summed E-state index contributed by atoms with van der Waals surface area (Å²) in [5, 5.41) is 40.0. The maximum Gasteiger partial charge on any atom is 0.174 e. The van der Waals surface area contributed by atoms with Crippen molar-refractivity contribution in [3.05, 3.63) is 469 Å². The molecule has 15 rings (SSSR count). The van der Waals surface area contributed by atoms with Crippen LogP contribution in [0.5, 0.6) is 0 Å². The molecule has 18 heteroatoms. The van der Waals surface area contributed by atoms with Gasteiger partial charge in [-0.3, -0.25) is 30.1 Å². The third kappa shape index (κ3) is 26.1. The first kappa shape index (κ1) is 88.5. The highest BCUT2D eigenvalue weighted by molar-refractivity contribution is 6.02. The van der Waals surface area contributed by atoms with Crippen molar-refractivity contribution in [3.8, 4) is 0 Å². The molecule has 0 aliphatic heterocycles. The zero-order valence-electron chi connectivity index (χ0n) is 74.4. The normalized spacial score (nSPS) is 11.8. The van der Waals surface area contributed by atoms with Crippen LogP contribution in [0.15, 0.2) is 433 Å². The molecule has 18 nitrogen and oxygen atoms in total. The molecule has 6 heterocycles. The minimum Gasteiger partial charge on any atom is -0.268 e. The van der Waals surface area contributed by atoms with E-state index >= 15 is 0 Å². The van der Waals surface area contributed by atoms with E-state index in [2.05, 4.69) is 320 Å². The summed E-state index contributed by atoms with van der Waals surface area (Å²) >= 11 is 0. The molecule has 0 bridgehead atoms. The van der Waals surface area contributed by atoms with Gasteiger partial charge in [-0.05, 0) is 120 Å².